The Morgan fingerprint density at radius 1 is 1.22 bits per heavy atom. The van der Waals surface area contributed by atoms with Crippen LogP contribution < -0.4 is 0 Å². The summed E-state index contributed by atoms with van der Waals surface area (Å²) in [4.78, 5) is 24.4. The lowest BCUT2D eigenvalue weighted by Gasteiger charge is -2.16. The van der Waals surface area contributed by atoms with Crippen LogP contribution in [-0.4, -0.2) is 37.2 Å². The first-order valence-corrected chi connectivity index (χ1v) is 5.59. The number of nitrogens with zero attached hydrogens (tertiary/aromatic N) is 1. The third-order valence-electron chi connectivity index (χ3n) is 2.50. The third-order valence-corrected chi connectivity index (χ3v) is 2.50. The van der Waals surface area contributed by atoms with Crippen molar-refractivity contribution in [3.8, 4) is 0 Å². The van der Waals surface area contributed by atoms with Crippen LogP contribution in [0.3, 0.4) is 0 Å². The monoisotopic (exact) mass is 251 g/mol. The maximum Gasteiger partial charge on any atom is 0.516 e. The molecule has 98 valence electrons. The SMILES string of the molecule is C[C@@H](C(=O)OC(=O)OCc1ccccc1)N(C)C. The number of rotatable bonds is 4. The number of likely N-dealkylation sites (N-methyl/N-ethyl adjacent to an activating group) is 1. The highest BCUT2D eigenvalue weighted by Crippen LogP contribution is 2.03. The zero-order chi connectivity index (χ0) is 13.5. The number of carbonyl (C=O) groups excluding carboxylic acids is 2. The average molecular weight is 251 g/mol. The zero-order valence-corrected chi connectivity index (χ0v) is 10.8. The number of ether oxygens (including phenoxy) is 2. The predicted octanol–water partition coefficient (Wildman–Crippen LogP) is 1.82. The van der Waals surface area contributed by atoms with Gasteiger partial charge in [0.25, 0.3) is 0 Å². The Kier molecular flexibility index (Phi) is 5.32. The molecule has 1 aromatic carbocycles. The highest BCUT2D eigenvalue weighted by Gasteiger charge is 2.20. The summed E-state index contributed by atoms with van der Waals surface area (Å²) in [6.07, 6.45) is -0.974. The summed E-state index contributed by atoms with van der Waals surface area (Å²) in [5.41, 5.74) is 0.836. The van der Waals surface area contributed by atoms with E-state index in [1.807, 2.05) is 30.3 Å². The minimum Gasteiger partial charge on any atom is -0.429 e. The summed E-state index contributed by atoms with van der Waals surface area (Å²) in [6, 6.07) is 8.68. The second-order valence-electron chi connectivity index (χ2n) is 4.08. The summed E-state index contributed by atoms with van der Waals surface area (Å²) in [6.45, 7) is 1.73. The standard InChI is InChI=1S/C13H17NO4/c1-10(14(2)3)12(15)18-13(16)17-9-11-7-5-4-6-8-11/h4-8,10H,9H2,1-3H3/t10-/m0/s1. The molecule has 0 aliphatic carbocycles. The first kappa shape index (κ1) is 14.2. The molecule has 5 heteroatoms. The van der Waals surface area contributed by atoms with Crippen LogP contribution in [0.5, 0.6) is 0 Å². The Balaban J connectivity index is 2.36. The normalized spacial score (nSPS) is 12.0. The summed E-state index contributed by atoms with van der Waals surface area (Å²) in [7, 11) is 3.45. The van der Waals surface area contributed by atoms with Crippen LogP contribution in [-0.2, 0) is 20.9 Å². The predicted molar refractivity (Wildman–Crippen MR) is 65.9 cm³/mol. The van der Waals surface area contributed by atoms with Crippen LogP contribution in [0, 0.1) is 0 Å². The van der Waals surface area contributed by atoms with Crippen LogP contribution >= 0.6 is 0 Å². The van der Waals surface area contributed by atoms with Gasteiger partial charge in [-0.2, -0.15) is 0 Å². The van der Waals surface area contributed by atoms with Gasteiger partial charge in [0.1, 0.15) is 12.6 Å². The summed E-state index contributed by atoms with van der Waals surface area (Å²) >= 11 is 0. The molecule has 0 bridgehead atoms. The van der Waals surface area contributed by atoms with Crippen molar-refractivity contribution in [3.63, 3.8) is 0 Å². The molecular weight excluding hydrogens is 234 g/mol. The highest BCUT2D eigenvalue weighted by atomic mass is 16.7. The van der Waals surface area contributed by atoms with Gasteiger partial charge in [-0.15, -0.1) is 0 Å². The molecule has 0 heterocycles. The van der Waals surface area contributed by atoms with Crippen molar-refractivity contribution in [2.45, 2.75) is 19.6 Å². The van der Waals surface area contributed by atoms with Crippen molar-refractivity contribution in [1.29, 1.82) is 0 Å². The molecule has 0 radical (unpaired) electrons. The second-order valence-corrected chi connectivity index (χ2v) is 4.08. The smallest absolute Gasteiger partial charge is 0.429 e. The summed E-state index contributed by atoms with van der Waals surface area (Å²) < 4.78 is 9.38. The van der Waals surface area contributed by atoms with Gasteiger partial charge in [0, 0.05) is 0 Å². The van der Waals surface area contributed by atoms with E-state index in [2.05, 4.69) is 4.74 Å². The van der Waals surface area contributed by atoms with Crippen LogP contribution in [0.4, 0.5) is 4.79 Å². The minimum atomic E-state index is -0.974. The van der Waals surface area contributed by atoms with Crippen molar-refractivity contribution >= 4 is 12.1 Å². The molecule has 18 heavy (non-hydrogen) atoms. The second kappa shape index (κ2) is 6.76. The fraction of sp³-hybridized carbons (Fsp3) is 0.385. The molecule has 0 aliphatic heterocycles. The molecule has 1 atom stereocenters. The lowest BCUT2D eigenvalue weighted by Crippen LogP contribution is -2.35. The highest BCUT2D eigenvalue weighted by molar-refractivity contribution is 5.85. The average Bonchev–Trinajstić information content (AvgIpc) is 2.36. The van der Waals surface area contributed by atoms with E-state index < -0.39 is 18.2 Å². The van der Waals surface area contributed by atoms with Gasteiger partial charge in [-0.3, -0.25) is 4.90 Å². The van der Waals surface area contributed by atoms with E-state index in [0.29, 0.717) is 0 Å². The van der Waals surface area contributed by atoms with Crippen molar-refractivity contribution in [1.82, 2.24) is 4.90 Å². The zero-order valence-electron chi connectivity index (χ0n) is 10.8. The van der Waals surface area contributed by atoms with Gasteiger partial charge in [-0.25, -0.2) is 9.59 Å². The maximum absolute atomic E-state index is 11.4. The van der Waals surface area contributed by atoms with E-state index >= 15 is 0 Å². The van der Waals surface area contributed by atoms with E-state index in [1.165, 1.54) is 0 Å². The summed E-state index contributed by atoms with van der Waals surface area (Å²) in [5.74, 6) is -0.627. The molecule has 0 saturated carbocycles. The molecule has 0 aromatic heterocycles. The minimum absolute atomic E-state index is 0.0866. The molecule has 0 amide bonds. The summed E-state index contributed by atoms with van der Waals surface area (Å²) in [5, 5.41) is 0. The molecule has 1 aromatic rings. The molecular formula is C13H17NO4. The van der Waals surface area contributed by atoms with Crippen molar-refractivity contribution in [2.24, 2.45) is 0 Å². The van der Waals surface area contributed by atoms with E-state index in [1.54, 1.807) is 25.9 Å². The van der Waals surface area contributed by atoms with Crippen molar-refractivity contribution in [3.05, 3.63) is 35.9 Å². The lowest BCUT2D eigenvalue weighted by atomic mass is 10.2. The number of benzene rings is 1. The van der Waals surface area contributed by atoms with Crippen molar-refractivity contribution in [2.75, 3.05) is 14.1 Å². The van der Waals surface area contributed by atoms with Gasteiger partial charge in [0.15, 0.2) is 0 Å². The van der Waals surface area contributed by atoms with E-state index in [-0.39, 0.29) is 6.61 Å². The van der Waals surface area contributed by atoms with Gasteiger partial charge in [0.2, 0.25) is 0 Å². The topological polar surface area (TPSA) is 55.8 Å². The number of esters is 1. The molecule has 0 saturated heterocycles. The first-order valence-electron chi connectivity index (χ1n) is 5.59. The van der Waals surface area contributed by atoms with Crippen LogP contribution in [0.2, 0.25) is 0 Å². The number of hydrogen-bond acceptors (Lipinski definition) is 5. The van der Waals surface area contributed by atoms with Gasteiger partial charge in [-0.1, -0.05) is 30.3 Å². The quantitative estimate of drug-likeness (QED) is 0.603. The first-order chi connectivity index (χ1) is 8.50. The van der Waals surface area contributed by atoms with Gasteiger partial charge < -0.3 is 9.47 Å². The Morgan fingerprint density at radius 2 is 1.83 bits per heavy atom. The largest absolute Gasteiger partial charge is 0.516 e. The van der Waals surface area contributed by atoms with E-state index in [4.69, 9.17) is 4.74 Å². The number of hydrogen-bond donors (Lipinski definition) is 0. The Morgan fingerprint density at radius 3 is 2.39 bits per heavy atom. The molecule has 0 unspecified atom stereocenters. The van der Waals surface area contributed by atoms with Gasteiger partial charge >= 0.3 is 12.1 Å². The molecule has 5 nitrogen and oxygen atoms in total. The third kappa shape index (κ3) is 4.55. The lowest BCUT2D eigenvalue weighted by molar-refractivity contribution is -0.144. The maximum atomic E-state index is 11.4. The van der Waals surface area contributed by atoms with E-state index in [9.17, 15) is 9.59 Å². The Hall–Kier alpha value is -1.88. The molecule has 0 aliphatic rings. The molecule has 1 rings (SSSR count). The van der Waals surface area contributed by atoms with Gasteiger partial charge in [0.05, 0.1) is 0 Å². The molecule has 0 fully saturated rings. The van der Waals surface area contributed by atoms with Crippen LogP contribution in [0.25, 0.3) is 0 Å². The molecule has 0 spiro atoms. The Bertz CT molecular complexity index is 403. The van der Waals surface area contributed by atoms with E-state index in [0.717, 1.165) is 5.56 Å². The Labute approximate surface area is 106 Å². The van der Waals surface area contributed by atoms with Crippen LogP contribution in [0.15, 0.2) is 30.3 Å². The fourth-order valence-corrected chi connectivity index (χ4v) is 1.12. The van der Waals surface area contributed by atoms with Gasteiger partial charge in [-0.05, 0) is 26.6 Å². The fourth-order valence-electron chi connectivity index (χ4n) is 1.12. The van der Waals surface area contributed by atoms with Crippen molar-refractivity contribution < 1.29 is 19.1 Å². The number of carbonyl (C=O) groups is 2. The van der Waals surface area contributed by atoms with Crippen LogP contribution in [0.1, 0.15) is 12.5 Å². The molecule has 0 N–H and O–H groups in total.